The van der Waals surface area contributed by atoms with Crippen molar-refractivity contribution in [1.82, 2.24) is 0 Å². The Labute approximate surface area is 118 Å². The second-order valence-electron chi connectivity index (χ2n) is 0. The number of hydrogen-bond acceptors (Lipinski definition) is 0. The number of hydrogen-bond donors (Lipinski definition) is 0. The molecule has 14 valence electrons. The van der Waals surface area contributed by atoms with Crippen LogP contribution in [0.2, 0.25) is 0 Å². The fourth-order valence-corrected chi connectivity index (χ4v) is 0. The summed E-state index contributed by atoms with van der Waals surface area (Å²) in [7, 11) is 0. The van der Waals surface area contributed by atoms with Crippen molar-refractivity contribution in [3.05, 3.63) is 0 Å². The van der Waals surface area contributed by atoms with Gasteiger partial charge in [-0.1, -0.05) is 0 Å². The summed E-state index contributed by atoms with van der Waals surface area (Å²) in [6, 6.07) is 0. The second kappa shape index (κ2) is 24.4. The van der Waals surface area contributed by atoms with Crippen LogP contribution in [0.5, 0.6) is 0 Å². The first-order valence-electron chi connectivity index (χ1n) is 0. The quantitative estimate of drug-likeness (QED) is 0.349. The topological polar surface area (TPSA) is 0 Å². The van der Waals surface area contributed by atoms with Gasteiger partial charge in [0.1, 0.15) is 0 Å². The smallest absolute Gasteiger partial charge is 0 e. The maximum absolute atomic E-state index is 0. The Morgan fingerprint density at radius 1 is 1.00 bits per heavy atom. The molecule has 0 aromatic carbocycles. The predicted octanol–water partition coefficient (Wildman–Crippen LogP) is -1.15. The first-order chi connectivity index (χ1) is 0. The van der Waals surface area contributed by atoms with Crippen LogP contribution >= 0.6 is 0 Å². The zero-order chi connectivity index (χ0) is 0. The van der Waals surface area contributed by atoms with Gasteiger partial charge in [-0.25, -0.2) is 0 Å². The van der Waals surface area contributed by atoms with Crippen LogP contribution in [0.15, 0.2) is 0 Å². The molecule has 0 aliphatic heterocycles. The molecule has 0 nitrogen and oxygen atoms in total. The first kappa shape index (κ1) is 35.8. The third-order valence-electron chi connectivity index (χ3n) is 0. The van der Waals surface area contributed by atoms with Gasteiger partial charge in [0.2, 0.25) is 0 Å². The van der Waals surface area contributed by atoms with E-state index in [0.29, 0.717) is 0 Å². The van der Waals surface area contributed by atoms with E-state index in [1.165, 1.54) is 0 Å². The average molecular weight is 528 g/mol. The fourth-order valence-electron chi connectivity index (χ4n) is 0. The van der Waals surface area contributed by atoms with Gasteiger partial charge < -0.3 is 0 Å². The molecule has 10 radical (unpaired) electrons. The van der Waals surface area contributed by atoms with E-state index in [9.17, 15) is 0 Å². The molecule has 5 heteroatoms. The van der Waals surface area contributed by atoms with E-state index in [1.807, 2.05) is 0 Å². The van der Waals surface area contributed by atoms with E-state index < -0.39 is 0 Å². The maximum Gasteiger partial charge on any atom is 0 e. The molecule has 0 aliphatic rings. The summed E-state index contributed by atoms with van der Waals surface area (Å²) in [5.41, 5.74) is 0. The minimum atomic E-state index is 0. The Bertz CT molecular complexity index is 11.6. The molecule has 0 aromatic rings. The van der Waals surface area contributed by atoms with E-state index in [-0.39, 0.29) is 121 Å². The zero-order valence-corrected chi connectivity index (χ0v) is 18.3. The summed E-state index contributed by atoms with van der Waals surface area (Å²) in [5.74, 6) is 0. The fraction of sp³-hybridized carbons (Fsp3) is 0. The average Bonchev–Trinajstić information content (AvgIpc) is 0. The van der Waals surface area contributed by atoms with Crippen LogP contribution in [0.1, 0.15) is 0 Å². The molecule has 0 spiro atoms. The molecule has 0 saturated carbocycles. The molecule has 0 rings (SSSR count). The van der Waals surface area contributed by atoms with Crippen molar-refractivity contribution in [3.63, 3.8) is 0 Å². The van der Waals surface area contributed by atoms with Crippen molar-refractivity contribution in [2.75, 3.05) is 0 Å². The molecule has 0 bridgehead atoms. The number of rotatable bonds is 0. The van der Waals surface area contributed by atoms with Gasteiger partial charge in [0.25, 0.3) is 0 Å². The van der Waals surface area contributed by atoms with Crippen LogP contribution in [0.4, 0.5) is 0 Å². The Morgan fingerprint density at radius 3 is 1.00 bits per heavy atom. The summed E-state index contributed by atoms with van der Waals surface area (Å²) < 4.78 is 0. The SMILES string of the molecule is [Cd].[Mg].[Pb].[Sn].[Zn]. The first-order valence-corrected chi connectivity index (χ1v) is 0. The minimum absolute atomic E-state index is 0. The van der Waals surface area contributed by atoms with E-state index in [1.54, 1.807) is 0 Å². The predicted molar refractivity (Wildman–Crippen MR) is 17.3 cm³/mol. The van der Waals surface area contributed by atoms with E-state index in [2.05, 4.69) is 0 Å². The third-order valence-corrected chi connectivity index (χ3v) is 0. The monoisotopic (exact) mass is 530 g/mol. The summed E-state index contributed by atoms with van der Waals surface area (Å²) in [4.78, 5) is 0. The largest absolute Gasteiger partial charge is 0 e. The summed E-state index contributed by atoms with van der Waals surface area (Å²) in [5, 5.41) is 0. The standard InChI is InChI=1S/Cd.Mg.Pb.Sn.Zn. The third kappa shape index (κ3) is 18.0. The van der Waals surface area contributed by atoms with Crippen molar-refractivity contribution < 1.29 is 46.8 Å². The Morgan fingerprint density at radius 2 is 1.00 bits per heavy atom. The van der Waals surface area contributed by atoms with E-state index in [4.69, 9.17) is 0 Å². The summed E-state index contributed by atoms with van der Waals surface area (Å²) in [6.45, 7) is 0. The molecule has 0 aliphatic carbocycles. The molecular weight excluding hydrogens is 528 g/mol. The molecule has 0 fully saturated rings. The van der Waals surface area contributed by atoms with Crippen molar-refractivity contribution in [1.29, 1.82) is 0 Å². The van der Waals surface area contributed by atoms with Gasteiger partial charge in [0.05, 0.1) is 0 Å². The van der Waals surface area contributed by atoms with Gasteiger partial charge in [-0.3, -0.25) is 0 Å². The molecule has 0 unspecified atom stereocenters. The van der Waals surface area contributed by atoms with Gasteiger partial charge in [-0.2, -0.15) is 0 Å². The van der Waals surface area contributed by atoms with Crippen LogP contribution in [0.25, 0.3) is 0 Å². The molecular formula is CdMgPbSnZn. The van der Waals surface area contributed by atoms with Crippen molar-refractivity contribution in [2.45, 2.75) is 0 Å². The van der Waals surface area contributed by atoms with E-state index >= 15 is 0 Å². The second-order valence-corrected chi connectivity index (χ2v) is 0. The van der Waals surface area contributed by atoms with Crippen LogP contribution in [0.3, 0.4) is 0 Å². The molecule has 5 heavy (non-hydrogen) atoms. The van der Waals surface area contributed by atoms with E-state index in [0.717, 1.165) is 0 Å². The molecule has 0 heterocycles. The van der Waals surface area contributed by atoms with Crippen LogP contribution in [-0.4, -0.2) is 74.3 Å². The molecule has 0 aromatic heterocycles. The normalized spacial score (nSPS) is 0. The Hall–Kier alpha value is 4.03. The molecule has 0 amide bonds. The van der Waals surface area contributed by atoms with Crippen molar-refractivity contribution in [2.24, 2.45) is 0 Å². The molecule has 0 atom stereocenters. The zero-order valence-electron chi connectivity index (χ0n) is 3.12. The van der Waals surface area contributed by atoms with Gasteiger partial charge in [-0.05, 0) is 0 Å². The van der Waals surface area contributed by atoms with Crippen LogP contribution in [-0.2, 0) is 46.8 Å². The van der Waals surface area contributed by atoms with Gasteiger partial charge in [0.15, 0.2) is 0 Å². The van der Waals surface area contributed by atoms with Crippen molar-refractivity contribution in [3.8, 4) is 0 Å². The van der Waals surface area contributed by atoms with Gasteiger partial charge in [-0.15, -0.1) is 0 Å². The van der Waals surface area contributed by atoms with Gasteiger partial charge in [0, 0.05) is 121 Å². The van der Waals surface area contributed by atoms with Crippen LogP contribution < -0.4 is 0 Å². The summed E-state index contributed by atoms with van der Waals surface area (Å²) in [6.07, 6.45) is 0. The Balaban J connectivity index is 0. The van der Waals surface area contributed by atoms with Crippen LogP contribution in [0, 0.1) is 0 Å². The van der Waals surface area contributed by atoms with Crippen molar-refractivity contribution >= 4 is 74.3 Å². The van der Waals surface area contributed by atoms with Gasteiger partial charge >= 0.3 is 0 Å². The molecule has 0 N–H and O–H groups in total. The minimum Gasteiger partial charge on any atom is 0 e. The maximum atomic E-state index is 0. The molecule has 0 saturated heterocycles. The summed E-state index contributed by atoms with van der Waals surface area (Å²) >= 11 is 0. The Kier molecular flexibility index (Phi) is 175.